The first-order valence-electron chi connectivity index (χ1n) is 5.54. The highest BCUT2D eigenvalue weighted by molar-refractivity contribution is 9.10. The molecular formula is C12H15BrClNO2. The molecule has 3 nitrogen and oxygen atoms in total. The fraction of sp³-hybridized carbons (Fsp3) is 0.500. The summed E-state index contributed by atoms with van der Waals surface area (Å²) in [5.41, 5.74) is -0.818. The third kappa shape index (κ3) is 3.13. The predicted octanol–water partition coefficient (Wildman–Crippen LogP) is 2.59. The maximum atomic E-state index is 10.2. The van der Waals surface area contributed by atoms with E-state index >= 15 is 0 Å². The molecule has 1 heterocycles. The van der Waals surface area contributed by atoms with E-state index in [2.05, 4.69) is 21.2 Å². The van der Waals surface area contributed by atoms with Gasteiger partial charge in [-0.15, -0.1) is 0 Å². The lowest BCUT2D eigenvalue weighted by atomic mass is 9.92. The van der Waals surface area contributed by atoms with Gasteiger partial charge in [0.2, 0.25) is 0 Å². The Balaban J connectivity index is 2.14. The van der Waals surface area contributed by atoms with Crippen LogP contribution >= 0.6 is 27.5 Å². The van der Waals surface area contributed by atoms with Gasteiger partial charge in [0.05, 0.1) is 5.02 Å². The average Bonchev–Trinajstić information content (AvgIpc) is 2.24. The topological polar surface area (TPSA) is 41.5 Å². The van der Waals surface area contributed by atoms with Gasteiger partial charge >= 0.3 is 0 Å². The zero-order valence-corrected chi connectivity index (χ0v) is 11.9. The van der Waals surface area contributed by atoms with Gasteiger partial charge in [-0.2, -0.15) is 0 Å². The van der Waals surface area contributed by atoms with Crippen molar-refractivity contribution in [3.8, 4) is 5.75 Å². The van der Waals surface area contributed by atoms with E-state index in [-0.39, 0.29) is 6.10 Å². The van der Waals surface area contributed by atoms with Crippen LogP contribution in [0.15, 0.2) is 22.7 Å². The largest absolute Gasteiger partial charge is 0.485 e. The van der Waals surface area contributed by atoms with Crippen LogP contribution in [0.25, 0.3) is 0 Å². The van der Waals surface area contributed by atoms with Crippen molar-refractivity contribution in [1.82, 2.24) is 5.32 Å². The molecule has 94 valence electrons. The molecule has 2 atom stereocenters. The molecule has 17 heavy (non-hydrogen) atoms. The molecule has 2 rings (SSSR count). The quantitative estimate of drug-likeness (QED) is 0.880. The number of piperidine rings is 1. The first kappa shape index (κ1) is 13.1. The molecule has 1 aliphatic heterocycles. The van der Waals surface area contributed by atoms with E-state index in [9.17, 15) is 5.11 Å². The van der Waals surface area contributed by atoms with Gasteiger partial charge in [0.25, 0.3) is 0 Å². The van der Waals surface area contributed by atoms with Crippen molar-refractivity contribution in [2.24, 2.45) is 0 Å². The molecule has 1 aromatic rings. The monoisotopic (exact) mass is 319 g/mol. The molecule has 2 unspecified atom stereocenters. The standard InChI is InChI=1S/C12H15BrClNO2/c1-12(16)4-5-15-7-11(12)17-10-3-2-8(13)6-9(10)14/h2-3,6,11,15-16H,4-5,7H2,1H3. The SMILES string of the molecule is CC1(O)CCNCC1Oc1ccc(Br)cc1Cl. The smallest absolute Gasteiger partial charge is 0.139 e. The van der Waals surface area contributed by atoms with Crippen LogP contribution in [0.5, 0.6) is 5.75 Å². The Morgan fingerprint density at radius 1 is 1.59 bits per heavy atom. The molecule has 0 aliphatic carbocycles. The summed E-state index contributed by atoms with van der Waals surface area (Å²) < 4.78 is 6.70. The maximum Gasteiger partial charge on any atom is 0.139 e. The highest BCUT2D eigenvalue weighted by Gasteiger charge is 2.36. The lowest BCUT2D eigenvalue weighted by molar-refractivity contribution is -0.0657. The second-order valence-electron chi connectivity index (χ2n) is 4.49. The second-order valence-corrected chi connectivity index (χ2v) is 5.82. The molecule has 1 saturated heterocycles. The summed E-state index contributed by atoms with van der Waals surface area (Å²) in [4.78, 5) is 0. The number of rotatable bonds is 2. The van der Waals surface area contributed by atoms with E-state index in [0.29, 0.717) is 23.7 Å². The second kappa shape index (κ2) is 5.14. The van der Waals surface area contributed by atoms with Crippen molar-refractivity contribution in [3.05, 3.63) is 27.7 Å². The van der Waals surface area contributed by atoms with Crippen LogP contribution in [0.3, 0.4) is 0 Å². The van der Waals surface area contributed by atoms with Gasteiger partial charge in [-0.05, 0) is 38.1 Å². The summed E-state index contributed by atoms with van der Waals surface area (Å²) >= 11 is 9.43. The number of hydrogen-bond acceptors (Lipinski definition) is 3. The number of ether oxygens (including phenoxy) is 1. The molecular weight excluding hydrogens is 305 g/mol. The highest BCUT2D eigenvalue weighted by Crippen LogP contribution is 2.31. The molecule has 0 radical (unpaired) electrons. The Labute approximate surface area is 114 Å². The summed E-state index contributed by atoms with van der Waals surface area (Å²) in [7, 11) is 0. The zero-order chi connectivity index (χ0) is 12.5. The Morgan fingerprint density at radius 2 is 2.35 bits per heavy atom. The van der Waals surface area contributed by atoms with E-state index in [0.717, 1.165) is 11.0 Å². The van der Waals surface area contributed by atoms with Gasteiger partial charge in [0.15, 0.2) is 0 Å². The number of halogens is 2. The van der Waals surface area contributed by atoms with E-state index < -0.39 is 5.60 Å². The molecule has 1 aromatic carbocycles. The van der Waals surface area contributed by atoms with Crippen LogP contribution in [0.2, 0.25) is 5.02 Å². The Hall–Kier alpha value is -0.290. The Bertz CT molecular complexity index is 411. The van der Waals surface area contributed by atoms with Gasteiger partial charge in [-0.1, -0.05) is 27.5 Å². The fourth-order valence-corrected chi connectivity index (χ4v) is 2.57. The lowest BCUT2D eigenvalue weighted by Crippen LogP contribution is -2.55. The summed E-state index contributed by atoms with van der Waals surface area (Å²) in [5, 5.41) is 14.0. The van der Waals surface area contributed by atoms with Crippen molar-refractivity contribution >= 4 is 27.5 Å². The van der Waals surface area contributed by atoms with Gasteiger partial charge in [0, 0.05) is 11.0 Å². The van der Waals surface area contributed by atoms with Crippen LogP contribution in [0.4, 0.5) is 0 Å². The summed E-state index contributed by atoms with van der Waals surface area (Å²) in [6.07, 6.45) is 0.390. The van der Waals surface area contributed by atoms with Crippen molar-refractivity contribution < 1.29 is 9.84 Å². The Kier molecular flexibility index (Phi) is 3.98. The average molecular weight is 321 g/mol. The summed E-state index contributed by atoms with van der Waals surface area (Å²) in [6.45, 7) is 3.23. The lowest BCUT2D eigenvalue weighted by Gasteiger charge is -2.37. The molecule has 1 aliphatic rings. The van der Waals surface area contributed by atoms with Crippen molar-refractivity contribution in [2.75, 3.05) is 13.1 Å². The van der Waals surface area contributed by atoms with Crippen LogP contribution in [-0.2, 0) is 0 Å². The number of benzene rings is 1. The first-order valence-corrected chi connectivity index (χ1v) is 6.71. The molecule has 0 aromatic heterocycles. The van der Waals surface area contributed by atoms with Crippen LogP contribution in [-0.4, -0.2) is 29.9 Å². The Morgan fingerprint density at radius 3 is 3.00 bits per heavy atom. The van der Waals surface area contributed by atoms with Crippen molar-refractivity contribution in [2.45, 2.75) is 25.0 Å². The molecule has 5 heteroatoms. The third-order valence-corrected chi connectivity index (χ3v) is 3.78. The van der Waals surface area contributed by atoms with Crippen LogP contribution < -0.4 is 10.1 Å². The van der Waals surface area contributed by atoms with Gasteiger partial charge < -0.3 is 15.2 Å². The number of hydrogen-bond donors (Lipinski definition) is 2. The molecule has 0 amide bonds. The minimum Gasteiger partial charge on any atom is -0.485 e. The van der Waals surface area contributed by atoms with E-state index in [4.69, 9.17) is 16.3 Å². The van der Waals surface area contributed by atoms with Crippen LogP contribution in [0.1, 0.15) is 13.3 Å². The molecule has 0 bridgehead atoms. The zero-order valence-electron chi connectivity index (χ0n) is 9.54. The molecule has 0 saturated carbocycles. The third-order valence-electron chi connectivity index (χ3n) is 2.99. The van der Waals surface area contributed by atoms with Crippen molar-refractivity contribution in [3.63, 3.8) is 0 Å². The first-order chi connectivity index (χ1) is 7.99. The van der Waals surface area contributed by atoms with Gasteiger partial charge in [0.1, 0.15) is 17.5 Å². The summed E-state index contributed by atoms with van der Waals surface area (Å²) in [5.74, 6) is 0.601. The van der Waals surface area contributed by atoms with Gasteiger partial charge in [-0.25, -0.2) is 0 Å². The minimum absolute atomic E-state index is 0.282. The van der Waals surface area contributed by atoms with E-state index in [1.807, 2.05) is 6.07 Å². The maximum absolute atomic E-state index is 10.2. The van der Waals surface area contributed by atoms with Crippen molar-refractivity contribution in [1.29, 1.82) is 0 Å². The fourth-order valence-electron chi connectivity index (χ4n) is 1.85. The predicted molar refractivity (Wildman–Crippen MR) is 71.7 cm³/mol. The normalized spacial score (nSPS) is 29.1. The van der Waals surface area contributed by atoms with Crippen LogP contribution in [0, 0.1) is 0 Å². The summed E-state index contributed by atoms with van der Waals surface area (Å²) in [6, 6.07) is 5.45. The molecule has 1 fully saturated rings. The number of nitrogens with one attached hydrogen (secondary N) is 1. The highest BCUT2D eigenvalue weighted by atomic mass is 79.9. The van der Waals surface area contributed by atoms with E-state index in [1.54, 1.807) is 19.1 Å². The molecule has 2 N–H and O–H groups in total. The number of aliphatic hydroxyl groups is 1. The molecule has 0 spiro atoms. The van der Waals surface area contributed by atoms with E-state index in [1.165, 1.54) is 0 Å². The van der Waals surface area contributed by atoms with Gasteiger partial charge in [-0.3, -0.25) is 0 Å². The minimum atomic E-state index is -0.818.